The zero-order valence-corrected chi connectivity index (χ0v) is 12.2. The van der Waals surface area contributed by atoms with Crippen LogP contribution in [0.2, 0.25) is 0 Å². The van der Waals surface area contributed by atoms with Gasteiger partial charge >= 0.3 is 0 Å². The van der Waals surface area contributed by atoms with Crippen LogP contribution >= 0.6 is 0 Å². The third kappa shape index (κ3) is 3.79. The van der Waals surface area contributed by atoms with Crippen LogP contribution in [-0.2, 0) is 4.79 Å². The molecule has 2 rings (SSSR count). The second kappa shape index (κ2) is 6.84. The molecule has 1 N–H and O–H groups in total. The Balaban J connectivity index is 1.92. The van der Waals surface area contributed by atoms with Gasteiger partial charge in [-0.25, -0.2) is 4.39 Å². The van der Waals surface area contributed by atoms with Crippen molar-refractivity contribution < 1.29 is 9.18 Å². The Morgan fingerprint density at radius 1 is 1.25 bits per heavy atom. The fourth-order valence-corrected chi connectivity index (χ4v) is 2.71. The minimum absolute atomic E-state index is 0.0468. The van der Waals surface area contributed by atoms with Crippen molar-refractivity contribution in [3.05, 3.63) is 35.6 Å². The summed E-state index contributed by atoms with van der Waals surface area (Å²) in [5.41, 5.74) is 0.864. The molecule has 20 heavy (non-hydrogen) atoms. The number of rotatable bonds is 4. The molecule has 3 nitrogen and oxygen atoms in total. The van der Waals surface area contributed by atoms with Gasteiger partial charge in [-0.3, -0.25) is 10.1 Å². The zero-order valence-electron chi connectivity index (χ0n) is 12.2. The first-order chi connectivity index (χ1) is 9.58. The maximum atomic E-state index is 13.2. The summed E-state index contributed by atoms with van der Waals surface area (Å²) in [5.74, 6) is -0.0980. The molecule has 1 fully saturated rings. The summed E-state index contributed by atoms with van der Waals surface area (Å²) < 4.78 is 13.2. The van der Waals surface area contributed by atoms with Crippen LogP contribution in [0, 0.1) is 5.82 Å². The van der Waals surface area contributed by atoms with Crippen LogP contribution in [0.15, 0.2) is 24.3 Å². The summed E-state index contributed by atoms with van der Waals surface area (Å²) >= 11 is 0. The zero-order chi connectivity index (χ0) is 14.5. The van der Waals surface area contributed by atoms with Gasteiger partial charge in [0.05, 0.1) is 6.04 Å². The summed E-state index contributed by atoms with van der Waals surface area (Å²) in [4.78, 5) is 14.3. The van der Waals surface area contributed by atoms with Crippen LogP contribution in [0.3, 0.4) is 0 Å². The number of likely N-dealkylation sites (tertiary alicyclic amines) is 1. The minimum Gasteiger partial charge on any atom is -0.341 e. The van der Waals surface area contributed by atoms with E-state index in [1.165, 1.54) is 18.6 Å². The molecular weight excluding hydrogens is 255 g/mol. The number of hydrogen-bond donors (Lipinski definition) is 1. The molecule has 1 amide bonds. The Labute approximate surface area is 120 Å². The molecule has 0 spiro atoms. The predicted molar refractivity (Wildman–Crippen MR) is 77.8 cm³/mol. The molecule has 1 unspecified atom stereocenters. The van der Waals surface area contributed by atoms with Gasteiger partial charge in [0.25, 0.3) is 0 Å². The van der Waals surface area contributed by atoms with E-state index in [-0.39, 0.29) is 23.8 Å². The first-order valence-electron chi connectivity index (χ1n) is 7.38. The highest BCUT2D eigenvalue weighted by Crippen LogP contribution is 2.15. The van der Waals surface area contributed by atoms with Crippen molar-refractivity contribution in [2.24, 2.45) is 0 Å². The lowest BCUT2D eigenvalue weighted by molar-refractivity contribution is -0.134. The highest BCUT2D eigenvalue weighted by molar-refractivity contribution is 5.81. The summed E-state index contributed by atoms with van der Waals surface area (Å²) in [6.45, 7) is 5.56. The quantitative estimate of drug-likeness (QED) is 0.918. The Hall–Kier alpha value is -1.42. The third-order valence-electron chi connectivity index (χ3n) is 3.89. The first-order valence-corrected chi connectivity index (χ1v) is 7.38. The minimum atomic E-state index is -0.244. The normalized spacial score (nSPS) is 18.6. The highest BCUT2D eigenvalue weighted by Gasteiger charge is 2.23. The third-order valence-corrected chi connectivity index (χ3v) is 3.89. The van der Waals surface area contributed by atoms with Crippen LogP contribution < -0.4 is 5.32 Å². The molecule has 110 valence electrons. The molecular formula is C16H23FN2O. The number of nitrogens with one attached hydrogen (secondary N) is 1. The average Bonchev–Trinajstić information content (AvgIpc) is 2.47. The molecule has 1 aliphatic heterocycles. The largest absolute Gasteiger partial charge is 0.341 e. The van der Waals surface area contributed by atoms with Crippen molar-refractivity contribution in [2.45, 2.75) is 45.2 Å². The van der Waals surface area contributed by atoms with Gasteiger partial charge < -0.3 is 4.90 Å². The number of hydrogen-bond acceptors (Lipinski definition) is 2. The smallest absolute Gasteiger partial charge is 0.239 e. The van der Waals surface area contributed by atoms with E-state index >= 15 is 0 Å². The van der Waals surface area contributed by atoms with E-state index in [1.54, 1.807) is 6.07 Å². The summed E-state index contributed by atoms with van der Waals surface area (Å²) in [7, 11) is 0. The lowest BCUT2D eigenvalue weighted by Crippen LogP contribution is -2.47. The van der Waals surface area contributed by atoms with E-state index < -0.39 is 0 Å². The lowest BCUT2D eigenvalue weighted by Gasteiger charge is -2.30. The van der Waals surface area contributed by atoms with Gasteiger partial charge in [-0.05, 0) is 50.8 Å². The average molecular weight is 278 g/mol. The van der Waals surface area contributed by atoms with Gasteiger partial charge in [0.2, 0.25) is 5.91 Å². The Morgan fingerprint density at radius 2 is 1.95 bits per heavy atom. The van der Waals surface area contributed by atoms with Crippen LogP contribution in [0.4, 0.5) is 4.39 Å². The molecule has 0 saturated carbocycles. The molecule has 0 bridgehead atoms. The van der Waals surface area contributed by atoms with Gasteiger partial charge in [-0.2, -0.15) is 0 Å². The van der Waals surface area contributed by atoms with Crippen LogP contribution in [0.5, 0.6) is 0 Å². The van der Waals surface area contributed by atoms with E-state index in [0.717, 1.165) is 31.5 Å². The summed E-state index contributed by atoms with van der Waals surface area (Å²) in [6, 6.07) is 6.22. The van der Waals surface area contributed by atoms with Crippen LogP contribution in [0.1, 0.15) is 44.7 Å². The number of halogens is 1. The van der Waals surface area contributed by atoms with Crippen LogP contribution in [0.25, 0.3) is 0 Å². The monoisotopic (exact) mass is 278 g/mol. The molecule has 0 aromatic heterocycles. The summed E-state index contributed by atoms with van der Waals surface area (Å²) in [5, 5.41) is 3.26. The predicted octanol–water partition coefficient (Wildman–Crippen LogP) is 2.88. The van der Waals surface area contributed by atoms with Crippen molar-refractivity contribution in [2.75, 3.05) is 13.1 Å². The Kier molecular flexibility index (Phi) is 5.12. The second-order valence-electron chi connectivity index (χ2n) is 5.55. The molecule has 2 atom stereocenters. The molecule has 4 heteroatoms. The van der Waals surface area contributed by atoms with Gasteiger partial charge in [0.15, 0.2) is 0 Å². The maximum Gasteiger partial charge on any atom is 0.239 e. The van der Waals surface area contributed by atoms with E-state index in [1.807, 2.05) is 24.8 Å². The van der Waals surface area contributed by atoms with Crippen molar-refractivity contribution in [1.82, 2.24) is 10.2 Å². The highest BCUT2D eigenvalue weighted by atomic mass is 19.1. The van der Waals surface area contributed by atoms with Crippen molar-refractivity contribution in [1.29, 1.82) is 0 Å². The standard InChI is InChI=1S/C16H23FN2O/c1-12(14-7-6-8-15(17)11-14)18-13(2)16(20)19-9-4-3-5-10-19/h6-8,11-13,18H,3-5,9-10H2,1-2H3/t12-,13?/m0/s1. The Morgan fingerprint density at radius 3 is 2.60 bits per heavy atom. The maximum absolute atomic E-state index is 13.2. The number of benzene rings is 1. The molecule has 1 aliphatic rings. The molecule has 0 aliphatic carbocycles. The lowest BCUT2D eigenvalue weighted by atomic mass is 10.1. The fourth-order valence-electron chi connectivity index (χ4n) is 2.71. The molecule has 1 heterocycles. The van der Waals surface area contributed by atoms with Crippen LogP contribution in [-0.4, -0.2) is 29.9 Å². The number of piperidine rings is 1. The second-order valence-corrected chi connectivity index (χ2v) is 5.55. The molecule has 1 aromatic carbocycles. The van der Waals surface area contributed by atoms with Crippen molar-refractivity contribution in [3.63, 3.8) is 0 Å². The molecule has 1 aromatic rings. The fraction of sp³-hybridized carbons (Fsp3) is 0.562. The van der Waals surface area contributed by atoms with E-state index in [0.29, 0.717) is 0 Å². The van der Waals surface area contributed by atoms with Gasteiger partial charge in [-0.1, -0.05) is 12.1 Å². The van der Waals surface area contributed by atoms with Crippen molar-refractivity contribution in [3.8, 4) is 0 Å². The number of nitrogens with zero attached hydrogens (tertiary/aromatic N) is 1. The van der Waals surface area contributed by atoms with Gasteiger partial charge in [0.1, 0.15) is 5.82 Å². The molecule has 0 radical (unpaired) electrons. The first kappa shape index (κ1) is 15.0. The summed E-state index contributed by atoms with van der Waals surface area (Å²) in [6.07, 6.45) is 3.40. The topological polar surface area (TPSA) is 32.3 Å². The molecule has 1 saturated heterocycles. The Bertz CT molecular complexity index is 458. The SMILES string of the molecule is CC(N[C@@H](C)c1cccc(F)c1)C(=O)N1CCCCC1. The van der Waals surface area contributed by atoms with Gasteiger partial charge in [0, 0.05) is 19.1 Å². The number of amides is 1. The van der Waals surface area contributed by atoms with Crippen molar-refractivity contribution >= 4 is 5.91 Å². The number of carbonyl (C=O) groups is 1. The van der Waals surface area contributed by atoms with Gasteiger partial charge in [-0.15, -0.1) is 0 Å². The van der Waals surface area contributed by atoms with E-state index in [2.05, 4.69) is 5.32 Å². The number of carbonyl (C=O) groups excluding carboxylic acids is 1. The van der Waals surface area contributed by atoms with E-state index in [4.69, 9.17) is 0 Å². The van der Waals surface area contributed by atoms with E-state index in [9.17, 15) is 9.18 Å².